The second-order valence-electron chi connectivity index (χ2n) is 9.65. The highest BCUT2D eigenvalue weighted by molar-refractivity contribution is 5.84. The Kier molecular flexibility index (Phi) is 8.09. The lowest BCUT2D eigenvalue weighted by Gasteiger charge is -2.27. The van der Waals surface area contributed by atoms with Crippen LogP contribution < -0.4 is 14.8 Å². The van der Waals surface area contributed by atoms with E-state index in [1.165, 1.54) is 22.1 Å². The summed E-state index contributed by atoms with van der Waals surface area (Å²) in [5.41, 5.74) is 5.91. The molecule has 0 spiro atoms. The molecule has 0 aliphatic heterocycles. The average Bonchev–Trinajstić information content (AvgIpc) is 3.37. The third-order valence-corrected chi connectivity index (χ3v) is 7.34. The minimum Gasteiger partial charge on any atom is -0.493 e. The first-order valence-electron chi connectivity index (χ1n) is 13.0. The molecule has 0 bridgehead atoms. The second kappa shape index (κ2) is 11.8. The van der Waals surface area contributed by atoms with Crippen LogP contribution in [0.4, 0.5) is 0 Å². The molecule has 4 aromatic rings. The van der Waals surface area contributed by atoms with Crippen molar-refractivity contribution in [3.05, 3.63) is 95.2 Å². The van der Waals surface area contributed by atoms with Crippen molar-refractivity contribution in [3.63, 3.8) is 0 Å². The molecule has 1 heterocycles. The van der Waals surface area contributed by atoms with Crippen LogP contribution >= 0.6 is 0 Å². The van der Waals surface area contributed by atoms with E-state index in [1.807, 2.05) is 18.2 Å². The molecule has 3 atom stereocenters. The van der Waals surface area contributed by atoms with Crippen LogP contribution in [0.15, 0.2) is 72.9 Å². The number of hydrogen-bond acceptors (Lipinski definition) is 5. The van der Waals surface area contributed by atoms with Gasteiger partial charge >= 0.3 is 0 Å². The third-order valence-electron chi connectivity index (χ3n) is 7.34. The van der Waals surface area contributed by atoms with Gasteiger partial charge in [-0.1, -0.05) is 54.6 Å². The van der Waals surface area contributed by atoms with Crippen molar-refractivity contribution in [2.45, 2.75) is 37.4 Å². The van der Waals surface area contributed by atoms with Crippen LogP contribution in [0.25, 0.3) is 10.9 Å². The summed E-state index contributed by atoms with van der Waals surface area (Å²) >= 11 is 0. The average molecular weight is 501 g/mol. The summed E-state index contributed by atoms with van der Waals surface area (Å²) in [4.78, 5) is 3.40. The molecule has 194 valence electrons. The van der Waals surface area contributed by atoms with Crippen LogP contribution in [-0.4, -0.2) is 50.1 Å². The summed E-state index contributed by atoms with van der Waals surface area (Å²) in [6.45, 7) is 1.35. The van der Waals surface area contributed by atoms with Gasteiger partial charge in [0.2, 0.25) is 0 Å². The maximum atomic E-state index is 10.8. The van der Waals surface area contributed by atoms with Crippen LogP contribution in [0.1, 0.15) is 47.1 Å². The Labute approximate surface area is 218 Å². The fourth-order valence-corrected chi connectivity index (χ4v) is 5.52. The minimum absolute atomic E-state index is 0.0143. The van der Waals surface area contributed by atoms with Gasteiger partial charge in [-0.05, 0) is 48.1 Å². The maximum Gasteiger partial charge on any atom is 0.164 e. The number of aromatic nitrogens is 1. The number of fused-ring (bicyclic) bond motifs is 2. The number of methoxy groups -OCH3 is 2. The van der Waals surface area contributed by atoms with Gasteiger partial charge in [-0.2, -0.15) is 0 Å². The molecule has 3 aromatic carbocycles. The molecule has 0 radical (unpaired) electrons. The van der Waals surface area contributed by atoms with Gasteiger partial charge in [0, 0.05) is 41.7 Å². The van der Waals surface area contributed by atoms with Crippen LogP contribution in [0.3, 0.4) is 0 Å². The number of aliphatic hydroxyl groups is 1. The number of rotatable bonds is 11. The Balaban J connectivity index is 1.29. The first kappa shape index (κ1) is 25.3. The number of para-hydroxylation sites is 2. The van der Waals surface area contributed by atoms with Crippen LogP contribution in [0.2, 0.25) is 0 Å². The summed E-state index contributed by atoms with van der Waals surface area (Å²) < 4.78 is 17.5. The zero-order chi connectivity index (χ0) is 25.6. The molecule has 0 saturated carbocycles. The largest absolute Gasteiger partial charge is 0.493 e. The van der Waals surface area contributed by atoms with Gasteiger partial charge in [-0.3, -0.25) is 0 Å². The second-order valence-corrected chi connectivity index (χ2v) is 9.65. The standard InChI is InChI=1S/C31H36N2O4/c1-35-30-16-8-13-25(31(30)36-2)26(27-19-33-28-14-6-5-12-24(27)28)18-32-17-22(34)20-37-29-15-7-10-21-9-3-4-11-23(21)29/h3-6,8-9,11-14,16,19,22,26,29,32-34H,7,10,15,17-18,20H2,1-2H3/t22-,26+,29+/m1/s1. The maximum absolute atomic E-state index is 10.8. The van der Waals surface area contributed by atoms with E-state index in [2.05, 4.69) is 65.0 Å². The Morgan fingerprint density at radius 1 is 0.946 bits per heavy atom. The fraction of sp³-hybridized carbons (Fsp3) is 0.355. The van der Waals surface area contributed by atoms with Gasteiger partial charge in [0.25, 0.3) is 0 Å². The van der Waals surface area contributed by atoms with Crippen molar-refractivity contribution in [2.75, 3.05) is 33.9 Å². The lowest BCUT2D eigenvalue weighted by Crippen LogP contribution is -2.34. The Morgan fingerprint density at radius 3 is 2.65 bits per heavy atom. The Bertz CT molecular complexity index is 1320. The summed E-state index contributed by atoms with van der Waals surface area (Å²) in [6.07, 6.45) is 4.73. The van der Waals surface area contributed by atoms with Crippen molar-refractivity contribution in [1.82, 2.24) is 10.3 Å². The van der Waals surface area contributed by atoms with E-state index in [4.69, 9.17) is 14.2 Å². The number of aliphatic hydroxyl groups excluding tert-OH is 1. The van der Waals surface area contributed by atoms with Gasteiger partial charge in [0.15, 0.2) is 11.5 Å². The SMILES string of the molecule is COc1cccc([C@H](CNC[C@@H](O)CO[C@H]2CCCc3ccccc32)c2c[nH]c3ccccc23)c1OC. The summed E-state index contributed by atoms with van der Waals surface area (Å²) in [7, 11) is 3.33. The summed E-state index contributed by atoms with van der Waals surface area (Å²) in [6, 6.07) is 22.8. The van der Waals surface area contributed by atoms with Crippen molar-refractivity contribution in [1.29, 1.82) is 0 Å². The molecule has 0 saturated heterocycles. The quantitative estimate of drug-likeness (QED) is 0.258. The topological polar surface area (TPSA) is 75.7 Å². The molecule has 1 aromatic heterocycles. The molecule has 1 aliphatic carbocycles. The van der Waals surface area contributed by atoms with E-state index < -0.39 is 6.10 Å². The number of H-pyrrole nitrogens is 1. The van der Waals surface area contributed by atoms with Gasteiger partial charge in [-0.15, -0.1) is 0 Å². The van der Waals surface area contributed by atoms with Gasteiger partial charge in [-0.25, -0.2) is 0 Å². The van der Waals surface area contributed by atoms with Crippen molar-refractivity contribution < 1.29 is 19.3 Å². The Hall–Kier alpha value is -3.32. The van der Waals surface area contributed by atoms with Crippen LogP contribution in [0, 0.1) is 0 Å². The molecule has 3 N–H and O–H groups in total. The van der Waals surface area contributed by atoms with Gasteiger partial charge < -0.3 is 29.6 Å². The predicted molar refractivity (Wildman–Crippen MR) is 147 cm³/mol. The normalized spacial score (nSPS) is 16.8. The summed E-state index contributed by atoms with van der Waals surface area (Å²) in [5, 5.41) is 15.4. The van der Waals surface area contributed by atoms with Gasteiger partial charge in [0.05, 0.1) is 33.0 Å². The lowest BCUT2D eigenvalue weighted by molar-refractivity contribution is -0.0166. The molecule has 0 amide bonds. The van der Waals surface area contributed by atoms with Crippen molar-refractivity contribution in [2.24, 2.45) is 0 Å². The first-order chi connectivity index (χ1) is 18.2. The molecular formula is C31H36N2O4. The fourth-order valence-electron chi connectivity index (χ4n) is 5.52. The summed E-state index contributed by atoms with van der Waals surface area (Å²) in [5.74, 6) is 1.41. The molecule has 0 fully saturated rings. The number of aryl methyl sites for hydroxylation is 1. The number of hydrogen-bond donors (Lipinski definition) is 3. The van der Waals surface area contributed by atoms with Crippen molar-refractivity contribution in [3.8, 4) is 11.5 Å². The highest BCUT2D eigenvalue weighted by atomic mass is 16.5. The zero-order valence-electron chi connectivity index (χ0n) is 21.6. The highest BCUT2D eigenvalue weighted by Crippen LogP contribution is 2.40. The van der Waals surface area contributed by atoms with E-state index in [1.54, 1.807) is 14.2 Å². The third kappa shape index (κ3) is 5.52. The number of ether oxygens (including phenoxy) is 3. The van der Waals surface area contributed by atoms with E-state index >= 15 is 0 Å². The Morgan fingerprint density at radius 2 is 1.78 bits per heavy atom. The predicted octanol–water partition coefficient (Wildman–Crippen LogP) is 5.36. The first-order valence-corrected chi connectivity index (χ1v) is 13.0. The molecule has 1 aliphatic rings. The number of benzene rings is 3. The van der Waals surface area contributed by atoms with Crippen LogP contribution in [-0.2, 0) is 11.2 Å². The molecule has 6 heteroatoms. The lowest BCUT2D eigenvalue weighted by atomic mass is 9.89. The van der Waals surface area contributed by atoms with E-state index in [-0.39, 0.29) is 12.0 Å². The molecular weight excluding hydrogens is 464 g/mol. The smallest absolute Gasteiger partial charge is 0.164 e. The number of nitrogens with one attached hydrogen (secondary N) is 2. The monoisotopic (exact) mass is 500 g/mol. The zero-order valence-corrected chi connectivity index (χ0v) is 21.6. The van der Waals surface area contributed by atoms with Crippen LogP contribution in [0.5, 0.6) is 11.5 Å². The highest BCUT2D eigenvalue weighted by Gasteiger charge is 2.24. The molecule has 6 nitrogen and oxygen atoms in total. The molecule has 0 unspecified atom stereocenters. The van der Waals surface area contributed by atoms with Gasteiger partial charge in [0.1, 0.15) is 0 Å². The van der Waals surface area contributed by atoms with E-state index in [9.17, 15) is 5.11 Å². The number of aromatic amines is 1. The minimum atomic E-state index is -0.607. The van der Waals surface area contributed by atoms with Crippen molar-refractivity contribution >= 4 is 10.9 Å². The molecule has 5 rings (SSSR count). The molecule has 37 heavy (non-hydrogen) atoms. The van der Waals surface area contributed by atoms with E-state index in [0.29, 0.717) is 25.4 Å². The van der Waals surface area contributed by atoms with E-state index in [0.717, 1.165) is 36.1 Å².